The number of rotatable bonds is 5. The van der Waals surface area contributed by atoms with E-state index in [0.717, 1.165) is 5.56 Å². The molecule has 0 unspecified atom stereocenters. The Labute approximate surface area is 151 Å². The molecule has 1 aromatic heterocycles. The van der Waals surface area contributed by atoms with Gasteiger partial charge in [0.2, 0.25) is 10.0 Å². The fourth-order valence-corrected chi connectivity index (χ4v) is 4.88. The number of sulfonamides is 1. The van der Waals surface area contributed by atoms with Crippen molar-refractivity contribution in [1.82, 2.24) is 14.5 Å². The number of nitrogens with one attached hydrogen (secondary N) is 1. The average Bonchev–Trinajstić information content (AvgIpc) is 3.03. The van der Waals surface area contributed by atoms with Gasteiger partial charge >= 0.3 is 0 Å². The molecule has 140 valence electrons. The second-order valence-electron chi connectivity index (χ2n) is 6.71. The molecule has 26 heavy (non-hydrogen) atoms. The van der Waals surface area contributed by atoms with Gasteiger partial charge < -0.3 is 14.6 Å². The van der Waals surface area contributed by atoms with Gasteiger partial charge in [-0.15, -0.1) is 0 Å². The summed E-state index contributed by atoms with van der Waals surface area (Å²) in [4.78, 5) is 0.0588. The van der Waals surface area contributed by atoms with Gasteiger partial charge in [0.05, 0.1) is 18.3 Å². The normalized spacial score (nSPS) is 23.3. The van der Waals surface area contributed by atoms with Gasteiger partial charge in [-0.2, -0.15) is 5.10 Å². The molecule has 0 amide bonds. The second kappa shape index (κ2) is 6.57. The van der Waals surface area contributed by atoms with Crippen LogP contribution in [-0.4, -0.2) is 42.6 Å². The summed E-state index contributed by atoms with van der Waals surface area (Å²) >= 11 is 0. The fourth-order valence-electron chi connectivity index (χ4n) is 3.43. The molecule has 9 heteroatoms. The molecule has 1 aromatic carbocycles. The summed E-state index contributed by atoms with van der Waals surface area (Å²) in [7, 11) is -2.07. The zero-order chi connectivity index (χ0) is 18.3. The number of benzene rings is 1. The maximum Gasteiger partial charge on any atom is 0.244 e. The summed E-state index contributed by atoms with van der Waals surface area (Å²) in [6.45, 7) is 0.697. The highest BCUT2D eigenvalue weighted by Gasteiger charge is 2.38. The first-order chi connectivity index (χ1) is 12.4. The van der Waals surface area contributed by atoms with E-state index < -0.39 is 16.1 Å². The van der Waals surface area contributed by atoms with Gasteiger partial charge in [0.1, 0.15) is 18.1 Å². The minimum atomic E-state index is -3.85. The molecule has 1 aliphatic heterocycles. The Bertz CT molecular complexity index is 905. The quantitative estimate of drug-likeness (QED) is 0.803. The number of aliphatic hydroxyl groups is 1. The van der Waals surface area contributed by atoms with Crippen molar-refractivity contribution in [1.29, 1.82) is 0 Å². The Kier molecular flexibility index (Phi) is 4.37. The van der Waals surface area contributed by atoms with E-state index >= 15 is 0 Å². The average molecular weight is 379 g/mol. The molecule has 0 radical (unpaired) electrons. The van der Waals surface area contributed by atoms with Crippen molar-refractivity contribution < 1.29 is 23.0 Å². The number of para-hydroxylation sites is 1. The summed E-state index contributed by atoms with van der Waals surface area (Å²) in [5.74, 6) is 0.682. The van der Waals surface area contributed by atoms with Gasteiger partial charge in [0.15, 0.2) is 11.5 Å². The van der Waals surface area contributed by atoms with Crippen LogP contribution in [0.5, 0.6) is 11.5 Å². The van der Waals surface area contributed by atoms with E-state index in [4.69, 9.17) is 9.47 Å². The molecule has 1 atom stereocenters. The van der Waals surface area contributed by atoms with Crippen molar-refractivity contribution in [3.05, 3.63) is 36.2 Å². The number of aliphatic hydroxyl groups excluding tert-OH is 1. The summed E-state index contributed by atoms with van der Waals surface area (Å²) in [6, 6.07) is 4.37. The molecule has 1 aliphatic carbocycles. The van der Waals surface area contributed by atoms with Crippen LogP contribution in [0, 0.1) is 5.92 Å². The van der Waals surface area contributed by atoms with Gasteiger partial charge in [-0.05, 0) is 30.9 Å². The Hall–Kier alpha value is -2.10. The summed E-state index contributed by atoms with van der Waals surface area (Å²) < 4.78 is 41.6. The third kappa shape index (κ3) is 3.17. The van der Waals surface area contributed by atoms with Gasteiger partial charge in [-0.3, -0.25) is 4.68 Å². The Balaban J connectivity index is 1.66. The minimum absolute atomic E-state index is 0.0145. The summed E-state index contributed by atoms with van der Waals surface area (Å²) in [5, 5.41) is 13.8. The molecule has 1 saturated carbocycles. The molecule has 2 aliphatic rings. The van der Waals surface area contributed by atoms with E-state index in [1.165, 1.54) is 6.07 Å². The molecule has 4 rings (SSSR count). The maximum atomic E-state index is 13.1. The third-order valence-electron chi connectivity index (χ3n) is 4.81. The second-order valence-corrected chi connectivity index (χ2v) is 8.39. The van der Waals surface area contributed by atoms with E-state index in [1.54, 1.807) is 36.3 Å². The number of hydrogen-bond acceptors (Lipinski definition) is 6. The zero-order valence-electron chi connectivity index (χ0n) is 14.3. The van der Waals surface area contributed by atoms with Crippen molar-refractivity contribution in [3.63, 3.8) is 0 Å². The highest BCUT2D eigenvalue weighted by atomic mass is 32.2. The lowest BCUT2D eigenvalue weighted by molar-refractivity contribution is 0.0280. The number of fused-ring (bicyclic) bond motifs is 1. The molecule has 0 bridgehead atoms. The molecule has 0 spiro atoms. The standard InChI is InChI=1S/C17H21N3O5S/c1-20-10-12(9-18-20)16(11-7-13(21)8-11)19-26(22,23)15-4-2-3-14-17(15)25-6-5-24-14/h2-4,9-11,13,16,19,21H,5-8H2,1H3/t11?,13?,16-/m0/s1. The van der Waals surface area contributed by atoms with Crippen molar-refractivity contribution in [2.45, 2.75) is 29.9 Å². The van der Waals surface area contributed by atoms with Crippen LogP contribution in [0.1, 0.15) is 24.4 Å². The van der Waals surface area contributed by atoms with Crippen molar-refractivity contribution in [2.24, 2.45) is 13.0 Å². The molecule has 2 aromatic rings. The van der Waals surface area contributed by atoms with Gasteiger partial charge in [-0.1, -0.05) is 6.07 Å². The molecule has 0 saturated heterocycles. The number of aromatic nitrogens is 2. The Morgan fingerprint density at radius 1 is 1.31 bits per heavy atom. The van der Waals surface area contributed by atoms with Crippen LogP contribution in [0.25, 0.3) is 0 Å². The van der Waals surface area contributed by atoms with Gasteiger partial charge in [0, 0.05) is 18.8 Å². The van der Waals surface area contributed by atoms with E-state index in [2.05, 4.69) is 9.82 Å². The summed E-state index contributed by atoms with van der Waals surface area (Å²) in [5.41, 5.74) is 0.773. The van der Waals surface area contributed by atoms with E-state index in [1.807, 2.05) is 0 Å². The molecule has 2 N–H and O–H groups in total. The summed E-state index contributed by atoms with van der Waals surface area (Å²) in [6.07, 6.45) is 4.16. The maximum absolute atomic E-state index is 13.1. The molecular weight excluding hydrogens is 358 g/mol. The lowest BCUT2D eigenvalue weighted by atomic mass is 9.76. The number of nitrogens with zero attached hydrogens (tertiary/aromatic N) is 2. The smallest absolute Gasteiger partial charge is 0.244 e. The Morgan fingerprint density at radius 3 is 2.77 bits per heavy atom. The lowest BCUT2D eigenvalue weighted by Crippen LogP contribution is -2.41. The SMILES string of the molecule is Cn1cc([C@@H](NS(=O)(=O)c2cccc3c2OCCO3)C2CC(O)C2)cn1. The van der Waals surface area contributed by atoms with Crippen LogP contribution in [0.3, 0.4) is 0 Å². The molecular formula is C17H21N3O5S. The first-order valence-corrected chi connectivity index (χ1v) is 10.00. The first kappa shape index (κ1) is 17.3. The predicted molar refractivity (Wildman–Crippen MR) is 92.4 cm³/mol. The van der Waals surface area contributed by atoms with E-state index in [9.17, 15) is 13.5 Å². The highest BCUT2D eigenvalue weighted by Crippen LogP contribution is 2.41. The van der Waals surface area contributed by atoms with Crippen LogP contribution in [0.4, 0.5) is 0 Å². The van der Waals surface area contributed by atoms with Gasteiger partial charge in [-0.25, -0.2) is 13.1 Å². The number of hydrogen-bond donors (Lipinski definition) is 2. The topological polar surface area (TPSA) is 103 Å². The monoisotopic (exact) mass is 379 g/mol. The van der Waals surface area contributed by atoms with Crippen LogP contribution < -0.4 is 14.2 Å². The van der Waals surface area contributed by atoms with Crippen molar-refractivity contribution in [3.8, 4) is 11.5 Å². The van der Waals surface area contributed by atoms with Crippen LogP contribution in [0.15, 0.2) is 35.5 Å². The zero-order valence-corrected chi connectivity index (χ0v) is 15.1. The van der Waals surface area contributed by atoms with Crippen molar-refractivity contribution >= 4 is 10.0 Å². The number of aryl methyl sites for hydroxylation is 1. The lowest BCUT2D eigenvalue weighted by Gasteiger charge is -2.37. The van der Waals surface area contributed by atoms with Crippen LogP contribution in [-0.2, 0) is 17.1 Å². The molecule has 2 heterocycles. The van der Waals surface area contributed by atoms with Gasteiger partial charge in [0.25, 0.3) is 0 Å². The Morgan fingerprint density at radius 2 is 2.08 bits per heavy atom. The largest absolute Gasteiger partial charge is 0.486 e. The first-order valence-electron chi connectivity index (χ1n) is 8.51. The molecule has 1 fully saturated rings. The fraction of sp³-hybridized carbons (Fsp3) is 0.471. The van der Waals surface area contributed by atoms with E-state index in [0.29, 0.717) is 31.8 Å². The van der Waals surface area contributed by atoms with Crippen LogP contribution >= 0.6 is 0 Å². The predicted octanol–water partition coefficient (Wildman–Crippen LogP) is 0.982. The molecule has 8 nitrogen and oxygen atoms in total. The van der Waals surface area contributed by atoms with Crippen LogP contribution in [0.2, 0.25) is 0 Å². The highest BCUT2D eigenvalue weighted by molar-refractivity contribution is 7.89. The van der Waals surface area contributed by atoms with E-state index in [-0.39, 0.29) is 22.7 Å². The minimum Gasteiger partial charge on any atom is -0.486 e. The van der Waals surface area contributed by atoms with Crippen molar-refractivity contribution in [2.75, 3.05) is 13.2 Å². The number of ether oxygens (including phenoxy) is 2. The third-order valence-corrected chi connectivity index (χ3v) is 6.27.